The molecule has 106 valence electrons. The van der Waals surface area contributed by atoms with Crippen LogP contribution in [-0.4, -0.2) is 23.3 Å². The van der Waals surface area contributed by atoms with Crippen molar-refractivity contribution in [3.63, 3.8) is 0 Å². The van der Waals surface area contributed by atoms with E-state index < -0.39 is 17.2 Å². The highest BCUT2D eigenvalue weighted by Gasteiger charge is 2.05. The van der Waals surface area contributed by atoms with E-state index in [0.29, 0.717) is 12.2 Å². The lowest BCUT2D eigenvalue weighted by Crippen LogP contribution is -2.16. The number of ether oxygens (including phenoxy) is 1. The fourth-order valence-electron chi connectivity index (χ4n) is 1.43. The second-order valence-corrected chi connectivity index (χ2v) is 4.16. The summed E-state index contributed by atoms with van der Waals surface area (Å²) >= 11 is 5.75. The van der Waals surface area contributed by atoms with Crippen molar-refractivity contribution < 1.29 is 13.5 Å². The Morgan fingerprint density at radius 1 is 1.35 bits per heavy atom. The van der Waals surface area contributed by atoms with Crippen LogP contribution in [0.25, 0.3) is 0 Å². The Hall–Kier alpha value is -2.15. The van der Waals surface area contributed by atoms with E-state index in [1.807, 2.05) is 0 Å². The number of hydrogen-bond acceptors (Lipinski definition) is 4. The molecule has 0 amide bonds. The molecule has 0 spiro atoms. The van der Waals surface area contributed by atoms with Gasteiger partial charge in [0.05, 0.1) is 11.9 Å². The van der Waals surface area contributed by atoms with Gasteiger partial charge in [-0.05, 0) is 12.1 Å². The van der Waals surface area contributed by atoms with Crippen LogP contribution in [0.5, 0.6) is 5.75 Å². The fourth-order valence-corrected chi connectivity index (χ4v) is 1.59. The summed E-state index contributed by atoms with van der Waals surface area (Å²) in [6.45, 7) is 0.484. The first-order chi connectivity index (χ1) is 9.58. The molecule has 0 aliphatic carbocycles. The quantitative estimate of drug-likeness (QED) is 0.831. The molecule has 5 nitrogen and oxygen atoms in total. The van der Waals surface area contributed by atoms with Crippen molar-refractivity contribution in [2.75, 3.05) is 18.5 Å². The smallest absolute Gasteiger partial charge is 0.285 e. The SMILES string of the molecule is O=c1[nH]ncc(NCCOc2ccc(F)c(F)c2)c1Cl. The molecule has 0 bridgehead atoms. The zero-order valence-corrected chi connectivity index (χ0v) is 10.9. The van der Waals surface area contributed by atoms with Gasteiger partial charge in [0.2, 0.25) is 0 Å². The molecule has 1 aromatic heterocycles. The maximum Gasteiger partial charge on any atom is 0.285 e. The van der Waals surface area contributed by atoms with Gasteiger partial charge in [-0.15, -0.1) is 0 Å². The highest BCUT2D eigenvalue weighted by molar-refractivity contribution is 6.32. The summed E-state index contributed by atoms with van der Waals surface area (Å²) in [6.07, 6.45) is 1.36. The number of anilines is 1. The van der Waals surface area contributed by atoms with Crippen molar-refractivity contribution in [1.29, 1.82) is 0 Å². The van der Waals surface area contributed by atoms with E-state index in [4.69, 9.17) is 16.3 Å². The molecule has 0 atom stereocenters. The van der Waals surface area contributed by atoms with E-state index in [2.05, 4.69) is 15.5 Å². The Kier molecular flexibility index (Phi) is 4.52. The number of nitrogens with zero attached hydrogens (tertiary/aromatic N) is 1. The highest BCUT2D eigenvalue weighted by atomic mass is 35.5. The van der Waals surface area contributed by atoms with Gasteiger partial charge in [-0.3, -0.25) is 4.79 Å². The van der Waals surface area contributed by atoms with Gasteiger partial charge in [-0.1, -0.05) is 11.6 Å². The van der Waals surface area contributed by atoms with Crippen molar-refractivity contribution in [1.82, 2.24) is 10.2 Å². The van der Waals surface area contributed by atoms with Gasteiger partial charge in [0.25, 0.3) is 5.56 Å². The van der Waals surface area contributed by atoms with Crippen LogP contribution in [0.15, 0.2) is 29.2 Å². The molecular formula is C12H10ClF2N3O2. The zero-order valence-electron chi connectivity index (χ0n) is 10.1. The standard InChI is InChI=1S/C12H10ClF2N3O2/c13-11-10(6-17-18-12(11)19)16-3-4-20-7-1-2-8(14)9(15)5-7/h1-2,5-6H,3-4H2,(H2,16,18,19). The summed E-state index contributed by atoms with van der Waals surface area (Å²) < 4.78 is 30.8. The summed E-state index contributed by atoms with van der Waals surface area (Å²) in [5.41, 5.74) is -0.137. The number of nitrogens with one attached hydrogen (secondary N) is 2. The third-order valence-corrected chi connectivity index (χ3v) is 2.75. The number of aromatic nitrogens is 2. The Bertz CT molecular complexity index is 663. The summed E-state index contributed by atoms with van der Waals surface area (Å²) in [5, 5.41) is 8.60. The first kappa shape index (κ1) is 14.3. The van der Waals surface area contributed by atoms with Crippen LogP contribution in [0.3, 0.4) is 0 Å². The van der Waals surface area contributed by atoms with E-state index in [-0.39, 0.29) is 17.4 Å². The number of H-pyrrole nitrogens is 1. The Balaban J connectivity index is 1.86. The summed E-state index contributed by atoms with van der Waals surface area (Å²) in [4.78, 5) is 11.2. The molecule has 8 heteroatoms. The van der Waals surface area contributed by atoms with Crippen LogP contribution in [0.1, 0.15) is 0 Å². The first-order valence-corrected chi connectivity index (χ1v) is 6.00. The lowest BCUT2D eigenvalue weighted by atomic mass is 10.3. The minimum Gasteiger partial charge on any atom is -0.492 e. The molecule has 0 fully saturated rings. The molecular weight excluding hydrogens is 292 g/mol. The Morgan fingerprint density at radius 3 is 2.90 bits per heavy atom. The topological polar surface area (TPSA) is 67.0 Å². The molecule has 2 aromatic rings. The van der Waals surface area contributed by atoms with Gasteiger partial charge in [0, 0.05) is 12.6 Å². The predicted octanol–water partition coefficient (Wildman–Crippen LogP) is 2.19. The molecule has 0 aliphatic rings. The summed E-state index contributed by atoms with van der Waals surface area (Å²) in [5.74, 6) is -1.70. The van der Waals surface area contributed by atoms with Crippen molar-refractivity contribution in [3.05, 3.63) is 51.4 Å². The number of halogens is 3. The van der Waals surface area contributed by atoms with Crippen molar-refractivity contribution in [2.45, 2.75) is 0 Å². The van der Waals surface area contributed by atoms with Gasteiger partial charge in [0.15, 0.2) is 11.6 Å². The van der Waals surface area contributed by atoms with E-state index in [9.17, 15) is 13.6 Å². The van der Waals surface area contributed by atoms with Crippen LogP contribution >= 0.6 is 11.6 Å². The van der Waals surface area contributed by atoms with Crippen LogP contribution in [0, 0.1) is 11.6 Å². The van der Waals surface area contributed by atoms with Crippen LogP contribution in [-0.2, 0) is 0 Å². The Labute approximate surface area is 117 Å². The van der Waals surface area contributed by atoms with Gasteiger partial charge in [0.1, 0.15) is 17.4 Å². The second-order valence-electron chi connectivity index (χ2n) is 3.78. The minimum absolute atomic E-state index is 0.00664. The summed E-state index contributed by atoms with van der Waals surface area (Å²) in [7, 11) is 0. The average molecular weight is 302 g/mol. The van der Waals surface area contributed by atoms with Gasteiger partial charge < -0.3 is 10.1 Å². The number of aromatic amines is 1. The monoisotopic (exact) mass is 301 g/mol. The van der Waals surface area contributed by atoms with Crippen molar-refractivity contribution >= 4 is 17.3 Å². The number of benzene rings is 1. The van der Waals surface area contributed by atoms with Crippen LogP contribution in [0.2, 0.25) is 5.02 Å². The maximum atomic E-state index is 12.9. The molecule has 2 rings (SSSR count). The van der Waals surface area contributed by atoms with Gasteiger partial charge >= 0.3 is 0 Å². The molecule has 0 saturated carbocycles. The van der Waals surface area contributed by atoms with Crippen LogP contribution in [0.4, 0.5) is 14.5 Å². The van der Waals surface area contributed by atoms with E-state index in [1.54, 1.807) is 0 Å². The fraction of sp³-hybridized carbons (Fsp3) is 0.167. The Morgan fingerprint density at radius 2 is 2.15 bits per heavy atom. The minimum atomic E-state index is -0.975. The van der Waals surface area contributed by atoms with E-state index >= 15 is 0 Å². The molecule has 0 saturated heterocycles. The highest BCUT2D eigenvalue weighted by Crippen LogP contribution is 2.16. The normalized spacial score (nSPS) is 10.3. The van der Waals surface area contributed by atoms with Gasteiger partial charge in [-0.25, -0.2) is 13.9 Å². The molecule has 0 unspecified atom stereocenters. The lowest BCUT2D eigenvalue weighted by molar-refractivity contribution is 0.329. The average Bonchev–Trinajstić information content (AvgIpc) is 2.43. The molecule has 1 heterocycles. The molecule has 2 N–H and O–H groups in total. The first-order valence-electron chi connectivity index (χ1n) is 5.63. The predicted molar refractivity (Wildman–Crippen MR) is 70.2 cm³/mol. The third-order valence-electron chi connectivity index (χ3n) is 2.37. The van der Waals surface area contributed by atoms with Crippen molar-refractivity contribution in [2.24, 2.45) is 0 Å². The third kappa shape index (κ3) is 3.45. The van der Waals surface area contributed by atoms with Gasteiger partial charge in [-0.2, -0.15) is 5.10 Å². The molecule has 1 aromatic carbocycles. The zero-order chi connectivity index (χ0) is 14.5. The molecule has 0 aliphatic heterocycles. The van der Waals surface area contributed by atoms with Crippen LogP contribution < -0.4 is 15.6 Å². The number of rotatable bonds is 5. The number of hydrogen-bond donors (Lipinski definition) is 2. The molecule has 20 heavy (non-hydrogen) atoms. The molecule has 0 radical (unpaired) electrons. The van der Waals surface area contributed by atoms with E-state index in [1.165, 1.54) is 12.3 Å². The maximum absolute atomic E-state index is 12.9. The summed E-state index contributed by atoms with van der Waals surface area (Å²) in [6, 6.07) is 3.26. The largest absolute Gasteiger partial charge is 0.492 e. The van der Waals surface area contributed by atoms with Crippen molar-refractivity contribution in [3.8, 4) is 5.75 Å². The second kappa shape index (κ2) is 6.33. The lowest BCUT2D eigenvalue weighted by Gasteiger charge is -2.09. The van der Waals surface area contributed by atoms with E-state index in [0.717, 1.165) is 12.1 Å².